The van der Waals surface area contributed by atoms with Gasteiger partial charge in [0.1, 0.15) is 49.3 Å². The monoisotopic (exact) mass is 1400 g/mol. The van der Waals surface area contributed by atoms with Crippen molar-refractivity contribution < 1.29 is 48.4 Å². The molecule has 0 atom stereocenters. The van der Waals surface area contributed by atoms with Crippen LogP contribution < -0.4 is 32.0 Å². The average molecular weight is 1400 g/mol. The van der Waals surface area contributed by atoms with Crippen LogP contribution in [0.25, 0.3) is 78.8 Å². The van der Waals surface area contributed by atoms with Gasteiger partial charge in [-0.25, -0.2) is 32.0 Å². The highest BCUT2D eigenvalue weighted by Gasteiger charge is 2.19. The first kappa shape index (κ1) is 63.3. The number of nitrogens with zero attached hydrogens (tertiary/aromatic N) is 7. The molecule has 0 aliphatic heterocycles. The molecular formula is C98H112N7+7. The summed E-state index contributed by atoms with van der Waals surface area (Å²) in [5.74, 6) is 0. The second-order valence-corrected chi connectivity index (χ2v) is 26.8. The Balaban J connectivity index is 0.000000171. The van der Waals surface area contributed by atoms with Gasteiger partial charge in [-0.15, -0.1) is 0 Å². The van der Waals surface area contributed by atoms with Crippen molar-refractivity contribution in [2.24, 2.45) is 49.3 Å². The standard InChI is InChI=1S/7C14H16N/c2*1-11-7-6-8-12(2)14(11)13-9-4-5-10-15(13)3;2*1-11-7-4-5-9-13(11)14-12(2)8-6-10-15(14)3;1-11-7-8-13(12(2)10-11)14-6-4-5-9-15(14)3;2*1-11-7-8-12(2)13(10-11)14-6-4-5-9-15(14)3/h7*4-10H,1-3H3/q7*+1/i1D3;;2D3;;2*1D3;. The van der Waals surface area contributed by atoms with Crippen molar-refractivity contribution in [3.05, 3.63) is 376 Å². The molecule has 0 saturated carbocycles. The van der Waals surface area contributed by atoms with E-state index in [-0.39, 0.29) is 0 Å². The van der Waals surface area contributed by atoms with Crippen LogP contribution in [0.4, 0.5) is 0 Å². The first-order valence-electron chi connectivity index (χ1n) is 41.5. The second-order valence-electron chi connectivity index (χ2n) is 26.8. The van der Waals surface area contributed by atoms with Crippen LogP contribution in [0.1, 0.15) is 94.3 Å². The fourth-order valence-electron chi connectivity index (χ4n) is 12.8. The summed E-state index contributed by atoms with van der Waals surface area (Å²) in [7, 11) is 14.0. The van der Waals surface area contributed by atoms with E-state index in [4.69, 9.17) is 16.4 Å². The van der Waals surface area contributed by atoms with Crippen LogP contribution in [0.3, 0.4) is 0 Å². The SMILES string of the molecule is Cc1ccc(C)c(-c2cccc[n+]2C)c1.Cc1cccc(C)c1-c1cccc[n+]1C.Cc1ccccc1-c1c(C)ccc[n+]1C.[2H]C([2H])([2H])c1ccc(-c2cccc[n+]2C)c(C)c1.[2H]C([2H])([2H])c1ccc(C)c(-c2cccc[n+]2C)c1.[2H]C([2H])([2H])c1ccc[n+](C)c1-c1ccccc1C.[2H]C([2H])([2H])c1cccc(C)c1-c1cccc[n+]1C. The molecule has 0 spiro atoms. The maximum Gasteiger partial charge on any atom is 0.215 e. The molecule has 14 rings (SSSR count). The van der Waals surface area contributed by atoms with Crippen molar-refractivity contribution in [2.75, 3.05) is 0 Å². The van der Waals surface area contributed by atoms with Gasteiger partial charge in [-0.05, 0) is 220 Å². The van der Waals surface area contributed by atoms with Gasteiger partial charge in [-0.1, -0.05) is 126 Å². The van der Waals surface area contributed by atoms with E-state index in [9.17, 15) is 0 Å². The molecule has 532 valence electrons. The highest BCUT2D eigenvalue weighted by atomic mass is 14.9. The van der Waals surface area contributed by atoms with E-state index >= 15 is 0 Å². The summed E-state index contributed by atoms with van der Waals surface area (Å²) in [6, 6.07) is 83.3. The number of rotatable bonds is 7. The minimum absolute atomic E-state index is 0.381. The molecule has 7 heteroatoms. The molecule has 0 aliphatic rings. The highest BCUT2D eigenvalue weighted by Crippen LogP contribution is 2.29. The fraction of sp³-hybridized carbons (Fsp3) is 0.214. The topological polar surface area (TPSA) is 27.2 Å². The zero-order chi connectivity index (χ0) is 85.9. The van der Waals surface area contributed by atoms with Crippen LogP contribution in [0, 0.1) is 96.6 Å². The highest BCUT2D eigenvalue weighted by molar-refractivity contribution is 5.68. The van der Waals surface area contributed by atoms with Gasteiger partial charge in [-0.3, -0.25) is 0 Å². The van der Waals surface area contributed by atoms with Crippen LogP contribution in [0.15, 0.2) is 298 Å². The van der Waals surface area contributed by atoms with Crippen LogP contribution in [-0.4, -0.2) is 0 Å². The molecule has 0 fully saturated rings. The summed E-state index contributed by atoms with van der Waals surface area (Å²) in [5.41, 5.74) is 29.0. The van der Waals surface area contributed by atoms with Crippen molar-refractivity contribution in [1.29, 1.82) is 0 Å². The third-order valence-corrected chi connectivity index (χ3v) is 18.6. The molecule has 0 radical (unpaired) electrons. The molecule has 105 heavy (non-hydrogen) atoms. The normalized spacial score (nSPS) is 12.5. The number of aryl methyl sites for hydroxylation is 21. The van der Waals surface area contributed by atoms with E-state index in [1.165, 1.54) is 67.2 Å². The molecule has 0 saturated heterocycles. The maximum absolute atomic E-state index is 7.65. The number of benzene rings is 7. The molecule has 7 aromatic carbocycles. The molecule has 7 heterocycles. The molecule has 7 nitrogen and oxygen atoms in total. The lowest BCUT2D eigenvalue weighted by molar-refractivity contribution is -0.660. The third-order valence-electron chi connectivity index (χ3n) is 18.6. The summed E-state index contributed by atoms with van der Waals surface area (Å²) in [5, 5.41) is 0. The van der Waals surface area contributed by atoms with Gasteiger partial charge >= 0.3 is 0 Å². The van der Waals surface area contributed by atoms with Crippen molar-refractivity contribution in [3.8, 4) is 78.8 Å². The molecule has 7 aromatic heterocycles. The van der Waals surface area contributed by atoms with Gasteiger partial charge in [0.15, 0.2) is 43.4 Å². The van der Waals surface area contributed by atoms with Crippen LogP contribution >= 0.6 is 0 Å². The predicted molar refractivity (Wildman–Crippen MR) is 438 cm³/mol. The largest absolute Gasteiger partial charge is 0.215 e. The summed E-state index contributed by atoms with van der Waals surface area (Å²) in [4.78, 5) is 0. The van der Waals surface area contributed by atoms with Crippen LogP contribution in [-0.2, 0) is 49.3 Å². The van der Waals surface area contributed by atoms with Gasteiger partial charge in [0.05, 0.1) is 11.1 Å². The Labute approximate surface area is 646 Å². The Morgan fingerprint density at radius 3 is 0.905 bits per heavy atom. The maximum atomic E-state index is 7.65. The molecule has 0 amide bonds. The summed E-state index contributed by atoms with van der Waals surface area (Å²) >= 11 is 0. The molecule has 0 bridgehead atoms. The van der Waals surface area contributed by atoms with Gasteiger partial charge in [0.2, 0.25) is 39.9 Å². The van der Waals surface area contributed by atoms with E-state index in [1.807, 2.05) is 196 Å². The Morgan fingerprint density at radius 1 is 0.190 bits per heavy atom. The Kier molecular flexibility index (Phi) is 23.0. The van der Waals surface area contributed by atoms with Gasteiger partial charge < -0.3 is 0 Å². The molecule has 0 unspecified atom stereocenters. The number of hydrogen-bond acceptors (Lipinski definition) is 0. The van der Waals surface area contributed by atoms with Gasteiger partial charge in [0.25, 0.3) is 0 Å². The van der Waals surface area contributed by atoms with Crippen LogP contribution in [0.2, 0.25) is 0 Å². The third kappa shape index (κ3) is 21.4. The fourth-order valence-corrected chi connectivity index (χ4v) is 12.8. The summed E-state index contributed by atoms with van der Waals surface area (Å²) in [6.45, 7) is 12.5. The second kappa shape index (κ2) is 38.2. The summed E-state index contributed by atoms with van der Waals surface area (Å²) in [6.07, 6.45) is 14.0. The summed E-state index contributed by atoms with van der Waals surface area (Å²) < 4.78 is 105. The van der Waals surface area contributed by atoms with E-state index in [0.29, 0.717) is 22.3 Å². The molecule has 0 aliphatic carbocycles. The minimum Gasteiger partial charge on any atom is -0.201 e. The number of pyridine rings is 7. The van der Waals surface area contributed by atoms with Crippen molar-refractivity contribution in [2.45, 2.75) is 96.6 Å². The van der Waals surface area contributed by atoms with E-state index in [2.05, 4.69) is 204 Å². The lowest BCUT2D eigenvalue weighted by Crippen LogP contribution is -2.31. The van der Waals surface area contributed by atoms with Gasteiger partial charge in [-0.2, -0.15) is 0 Å². The average Bonchev–Trinajstić information content (AvgIpc) is 0.758. The first-order chi connectivity index (χ1) is 55.2. The quantitative estimate of drug-likeness (QED) is 0.142. The van der Waals surface area contributed by atoms with Crippen LogP contribution in [0.5, 0.6) is 0 Å². The number of aromatic nitrogens is 7. The molecular weight excluding hydrogens is 1280 g/mol. The zero-order valence-corrected chi connectivity index (χ0v) is 64.4. The Bertz CT molecular complexity index is 5480. The lowest BCUT2D eigenvalue weighted by Gasteiger charge is -2.07. The Morgan fingerprint density at radius 2 is 0.495 bits per heavy atom. The van der Waals surface area contributed by atoms with Crippen molar-refractivity contribution in [1.82, 2.24) is 0 Å². The van der Waals surface area contributed by atoms with Crippen molar-refractivity contribution >= 4 is 0 Å². The predicted octanol–water partition coefficient (Wildman–Crippen LogP) is 19.6. The molecule has 0 N–H and O–H groups in total. The van der Waals surface area contributed by atoms with E-state index < -0.39 is 27.4 Å². The Hall–Kier alpha value is -11.4. The smallest absolute Gasteiger partial charge is 0.201 e. The lowest BCUT2D eigenvalue weighted by atomic mass is 9.99. The van der Waals surface area contributed by atoms with Gasteiger partial charge in [0, 0.05) is 128 Å². The van der Waals surface area contributed by atoms with E-state index in [0.717, 1.165) is 67.3 Å². The van der Waals surface area contributed by atoms with Crippen molar-refractivity contribution in [3.63, 3.8) is 0 Å². The zero-order valence-electron chi connectivity index (χ0n) is 76.4. The molecule has 14 aromatic rings. The first-order valence-corrected chi connectivity index (χ1v) is 35.5. The van der Waals surface area contributed by atoms with E-state index in [1.54, 1.807) is 48.5 Å². The minimum atomic E-state index is -2.10. The number of hydrogen-bond donors (Lipinski definition) is 0.